The minimum absolute atomic E-state index is 0.206. The van der Waals surface area contributed by atoms with E-state index >= 15 is 0 Å². The van der Waals surface area contributed by atoms with Gasteiger partial charge in [-0.25, -0.2) is 9.78 Å². The lowest BCUT2D eigenvalue weighted by atomic mass is 10.1. The van der Waals surface area contributed by atoms with E-state index in [1.807, 2.05) is 39.9 Å². The van der Waals surface area contributed by atoms with Crippen LogP contribution >= 0.6 is 0 Å². The highest BCUT2D eigenvalue weighted by Crippen LogP contribution is 2.32. The molecule has 7 nitrogen and oxygen atoms in total. The molecule has 4 rings (SSSR count). The summed E-state index contributed by atoms with van der Waals surface area (Å²) in [6, 6.07) is 8.14. The Balaban J connectivity index is 1.27. The number of nitrogens with zero attached hydrogens (tertiary/aromatic N) is 3. The topological polar surface area (TPSA) is 79.3 Å². The number of hydrogen-bond donors (Lipinski definition) is 2. The second-order valence-corrected chi connectivity index (χ2v) is 7.01. The molecule has 136 valence electrons. The van der Waals surface area contributed by atoms with Gasteiger partial charge in [0.25, 0.3) is 0 Å². The van der Waals surface area contributed by atoms with E-state index in [1.165, 1.54) is 0 Å². The Morgan fingerprint density at radius 2 is 2.08 bits per heavy atom. The van der Waals surface area contributed by atoms with Crippen molar-refractivity contribution in [2.24, 2.45) is 5.92 Å². The molecule has 3 amide bonds. The van der Waals surface area contributed by atoms with Gasteiger partial charge >= 0.3 is 6.03 Å². The van der Waals surface area contributed by atoms with E-state index in [2.05, 4.69) is 15.6 Å². The monoisotopic (exact) mass is 353 g/mol. The van der Waals surface area contributed by atoms with E-state index in [0.29, 0.717) is 25.6 Å². The highest BCUT2D eigenvalue weighted by atomic mass is 16.2. The summed E-state index contributed by atoms with van der Waals surface area (Å²) >= 11 is 0. The third-order valence-corrected chi connectivity index (χ3v) is 4.99. The third kappa shape index (κ3) is 3.71. The molecule has 2 N–H and O–H groups in total. The standard InChI is InChI=1S/C19H23N5O2/c25-18-9-14(12-24(18)16-5-6-16)10-21-19(26)22-11-15-3-1-2-4-17(15)23-8-7-20-13-23/h1-4,7-8,13-14,16H,5-6,9-12H2,(H2,21,22,26). The summed E-state index contributed by atoms with van der Waals surface area (Å²) in [5.74, 6) is 0.445. The SMILES string of the molecule is O=C(NCc1ccccc1-n1ccnc1)NCC1CC(=O)N(C2CC2)C1. The highest BCUT2D eigenvalue weighted by Gasteiger charge is 2.39. The van der Waals surface area contributed by atoms with Gasteiger partial charge in [-0.3, -0.25) is 4.79 Å². The van der Waals surface area contributed by atoms with Crippen LogP contribution in [0, 0.1) is 5.92 Å². The summed E-state index contributed by atoms with van der Waals surface area (Å²) in [5, 5.41) is 5.80. The van der Waals surface area contributed by atoms with Crippen LogP contribution < -0.4 is 10.6 Å². The molecular formula is C19H23N5O2. The molecule has 2 aromatic rings. The van der Waals surface area contributed by atoms with Gasteiger partial charge in [-0.15, -0.1) is 0 Å². The summed E-state index contributed by atoms with van der Waals surface area (Å²) in [5.41, 5.74) is 2.00. The molecule has 0 bridgehead atoms. The maximum Gasteiger partial charge on any atom is 0.315 e. The van der Waals surface area contributed by atoms with Crippen molar-refractivity contribution in [1.29, 1.82) is 0 Å². The number of para-hydroxylation sites is 1. The predicted octanol–water partition coefficient (Wildman–Crippen LogP) is 1.68. The largest absolute Gasteiger partial charge is 0.339 e. The molecule has 1 aromatic heterocycles. The lowest BCUT2D eigenvalue weighted by Crippen LogP contribution is -2.38. The van der Waals surface area contributed by atoms with Crippen LogP contribution in [0.3, 0.4) is 0 Å². The molecule has 1 aliphatic carbocycles. The second-order valence-electron chi connectivity index (χ2n) is 7.01. The van der Waals surface area contributed by atoms with Gasteiger partial charge in [0.15, 0.2) is 0 Å². The Morgan fingerprint density at radius 1 is 1.23 bits per heavy atom. The molecule has 1 saturated carbocycles. The number of imidazole rings is 1. The molecule has 2 heterocycles. The van der Waals surface area contributed by atoms with Crippen LogP contribution in [0.5, 0.6) is 0 Å². The summed E-state index contributed by atoms with van der Waals surface area (Å²) in [6.07, 6.45) is 8.14. The zero-order valence-corrected chi connectivity index (χ0v) is 14.6. The molecule has 1 saturated heterocycles. The Hall–Kier alpha value is -2.83. The van der Waals surface area contributed by atoms with Crippen molar-refractivity contribution in [2.75, 3.05) is 13.1 Å². The van der Waals surface area contributed by atoms with Crippen molar-refractivity contribution in [1.82, 2.24) is 25.1 Å². The van der Waals surface area contributed by atoms with Crippen molar-refractivity contribution in [3.05, 3.63) is 48.5 Å². The van der Waals surface area contributed by atoms with Crippen molar-refractivity contribution in [2.45, 2.75) is 31.8 Å². The number of nitrogens with one attached hydrogen (secondary N) is 2. The third-order valence-electron chi connectivity index (χ3n) is 4.99. The zero-order valence-electron chi connectivity index (χ0n) is 14.6. The fourth-order valence-electron chi connectivity index (χ4n) is 3.47. The number of likely N-dealkylation sites (tertiary alicyclic amines) is 1. The van der Waals surface area contributed by atoms with E-state index in [4.69, 9.17) is 0 Å². The van der Waals surface area contributed by atoms with Gasteiger partial charge in [-0.1, -0.05) is 18.2 Å². The van der Waals surface area contributed by atoms with Crippen molar-refractivity contribution in [3.8, 4) is 5.69 Å². The number of rotatable bonds is 6. The first kappa shape index (κ1) is 16.6. The first-order chi connectivity index (χ1) is 12.7. The van der Waals surface area contributed by atoms with E-state index < -0.39 is 0 Å². The number of amides is 3. The average molecular weight is 353 g/mol. The summed E-state index contributed by atoms with van der Waals surface area (Å²) in [4.78, 5) is 30.1. The lowest BCUT2D eigenvalue weighted by molar-refractivity contribution is -0.128. The smallest absolute Gasteiger partial charge is 0.315 e. The first-order valence-corrected chi connectivity index (χ1v) is 9.08. The Morgan fingerprint density at radius 3 is 2.85 bits per heavy atom. The second kappa shape index (κ2) is 7.19. The van der Waals surface area contributed by atoms with Gasteiger partial charge in [0.05, 0.1) is 12.0 Å². The summed E-state index contributed by atoms with van der Waals surface area (Å²) in [6.45, 7) is 1.73. The minimum Gasteiger partial charge on any atom is -0.339 e. The summed E-state index contributed by atoms with van der Waals surface area (Å²) < 4.78 is 1.92. The van der Waals surface area contributed by atoms with Crippen LogP contribution in [0.4, 0.5) is 4.79 Å². The highest BCUT2D eigenvalue weighted by molar-refractivity contribution is 5.79. The number of hydrogen-bond acceptors (Lipinski definition) is 3. The fourth-order valence-corrected chi connectivity index (χ4v) is 3.47. The normalized spacial score (nSPS) is 19.6. The number of benzene rings is 1. The fraction of sp³-hybridized carbons (Fsp3) is 0.421. The maximum absolute atomic E-state index is 12.1. The van der Waals surface area contributed by atoms with Gasteiger partial charge in [-0.05, 0) is 24.5 Å². The molecule has 1 atom stereocenters. The zero-order chi connectivity index (χ0) is 17.9. The van der Waals surface area contributed by atoms with Gasteiger partial charge in [-0.2, -0.15) is 0 Å². The van der Waals surface area contributed by atoms with E-state index in [1.54, 1.807) is 12.5 Å². The Labute approximate surface area is 152 Å². The number of urea groups is 1. The molecular weight excluding hydrogens is 330 g/mol. The first-order valence-electron chi connectivity index (χ1n) is 9.08. The van der Waals surface area contributed by atoms with Crippen LogP contribution in [0.1, 0.15) is 24.8 Å². The molecule has 1 aliphatic heterocycles. The molecule has 1 aromatic carbocycles. The van der Waals surface area contributed by atoms with Crippen LogP contribution in [0.15, 0.2) is 43.0 Å². The molecule has 7 heteroatoms. The molecule has 26 heavy (non-hydrogen) atoms. The predicted molar refractivity (Wildman–Crippen MR) is 96.6 cm³/mol. The van der Waals surface area contributed by atoms with E-state index in [0.717, 1.165) is 30.6 Å². The molecule has 0 spiro atoms. The van der Waals surface area contributed by atoms with Crippen LogP contribution in [0.25, 0.3) is 5.69 Å². The Kier molecular flexibility index (Phi) is 4.60. The quantitative estimate of drug-likeness (QED) is 0.829. The van der Waals surface area contributed by atoms with Gasteiger partial charge in [0.2, 0.25) is 5.91 Å². The Bertz CT molecular complexity index is 785. The number of carbonyl (C=O) groups excluding carboxylic acids is 2. The van der Waals surface area contributed by atoms with Gasteiger partial charge in [0.1, 0.15) is 0 Å². The molecule has 0 radical (unpaired) electrons. The maximum atomic E-state index is 12.1. The van der Waals surface area contributed by atoms with Crippen LogP contribution in [-0.4, -0.2) is 45.5 Å². The van der Waals surface area contributed by atoms with Crippen LogP contribution in [0.2, 0.25) is 0 Å². The molecule has 2 aliphatic rings. The van der Waals surface area contributed by atoms with E-state index in [-0.39, 0.29) is 17.9 Å². The molecule has 1 unspecified atom stereocenters. The summed E-state index contributed by atoms with van der Waals surface area (Å²) in [7, 11) is 0. The van der Waals surface area contributed by atoms with E-state index in [9.17, 15) is 9.59 Å². The van der Waals surface area contributed by atoms with Gasteiger partial charge < -0.3 is 20.1 Å². The van der Waals surface area contributed by atoms with Crippen molar-refractivity contribution < 1.29 is 9.59 Å². The number of aromatic nitrogens is 2. The van der Waals surface area contributed by atoms with Gasteiger partial charge in [0, 0.05) is 50.4 Å². The average Bonchev–Trinajstić information content (AvgIpc) is 3.20. The lowest BCUT2D eigenvalue weighted by Gasteiger charge is -2.16. The van der Waals surface area contributed by atoms with Crippen molar-refractivity contribution >= 4 is 11.9 Å². The molecule has 2 fully saturated rings. The minimum atomic E-state index is -0.206. The van der Waals surface area contributed by atoms with Crippen LogP contribution in [-0.2, 0) is 11.3 Å². The number of carbonyl (C=O) groups is 2. The van der Waals surface area contributed by atoms with Crippen molar-refractivity contribution in [3.63, 3.8) is 0 Å².